The van der Waals surface area contributed by atoms with Gasteiger partial charge in [-0.25, -0.2) is 0 Å². The highest BCUT2D eigenvalue weighted by molar-refractivity contribution is 7.79. The number of fused-ring (bicyclic) bond motifs is 1. The van der Waals surface area contributed by atoms with Crippen molar-refractivity contribution in [2.75, 3.05) is 7.11 Å². The topological polar surface area (TPSA) is 14.2 Å². The molecule has 126 valence electrons. The van der Waals surface area contributed by atoms with Crippen LogP contribution in [0.2, 0.25) is 0 Å². The van der Waals surface area contributed by atoms with E-state index in [0.717, 1.165) is 24.3 Å². The third-order valence-electron chi connectivity index (χ3n) is 4.75. The summed E-state index contributed by atoms with van der Waals surface area (Å²) >= 11 is 4.37. The maximum absolute atomic E-state index is 5.32. The fourth-order valence-electron chi connectivity index (χ4n) is 3.05. The van der Waals surface area contributed by atoms with Crippen LogP contribution in [0.3, 0.4) is 0 Å². The molecule has 0 fully saturated rings. The van der Waals surface area contributed by atoms with Gasteiger partial charge in [0.05, 0.1) is 7.11 Å². The molecular formula is C21H25NOS. The molecule has 3 rings (SSSR count). The Hall–Kier alpha value is -1.87. The molecule has 0 atom stereocenters. The van der Waals surface area contributed by atoms with Gasteiger partial charge in [-0.15, -0.1) is 0 Å². The summed E-state index contributed by atoms with van der Waals surface area (Å²) in [6, 6.07) is 14.9. The Morgan fingerprint density at radius 3 is 2.54 bits per heavy atom. The molecule has 0 N–H and O–H groups in total. The summed E-state index contributed by atoms with van der Waals surface area (Å²) in [6.45, 7) is 4.59. The summed E-state index contributed by atoms with van der Waals surface area (Å²) in [7, 11) is 1.72. The Bertz CT molecular complexity index is 835. The van der Waals surface area contributed by atoms with Gasteiger partial charge in [-0.1, -0.05) is 24.3 Å². The minimum Gasteiger partial charge on any atom is -0.497 e. The van der Waals surface area contributed by atoms with Crippen molar-refractivity contribution < 1.29 is 4.74 Å². The number of methoxy groups -OCH3 is 1. The molecule has 2 aromatic carbocycles. The minimum atomic E-state index is 0.0588. The van der Waals surface area contributed by atoms with Crippen molar-refractivity contribution in [2.24, 2.45) is 0 Å². The molecular weight excluding hydrogens is 314 g/mol. The number of hydrogen-bond acceptors (Lipinski definition) is 2. The first kappa shape index (κ1) is 17.0. The molecule has 0 saturated heterocycles. The van der Waals surface area contributed by atoms with Crippen LogP contribution in [-0.4, -0.2) is 11.7 Å². The Balaban J connectivity index is 1.79. The quantitative estimate of drug-likeness (QED) is 0.590. The molecule has 0 radical (unpaired) electrons. The number of ether oxygens (including phenoxy) is 1. The maximum atomic E-state index is 5.32. The predicted molar refractivity (Wildman–Crippen MR) is 105 cm³/mol. The summed E-state index contributed by atoms with van der Waals surface area (Å²) in [4.78, 5) is 0. The highest BCUT2D eigenvalue weighted by atomic mass is 32.1. The van der Waals surface area contributed by atoms with Crippen LogP contribution in [0.5, 0.6) is 5.75 Å². The number of rotatable bonds is 6. The standard InChI is InChI=1S/C21H25NOS/c1-21(2,10-9-16-5-4-6-20(12-16)23-3)22-13-18-8-7-17(15-24)11-19(18)14-22/h4-8,11-14,24H,9-10,15H2,1-3H3. The van der Waals surface area contributed by atoms with Gasteiger partial charge in [0.2, 0.25) is 0 Å². The zero-order valence-electron chi connectivity index (χ0n) is 14.6. The first-order valence-electron chi connectivity index (χ1n) is 8.37. The first-order chi connectivity index (χ1) is 11.5. The van der Waals surface area contributed by atoms with Gasteiger partial charge in [0.1, 0.15) is 5.75 Å². The van der Waals surface area contributed by atoms with Crippen LogP contribution in [0.25, 0.3) is 10.8 Å². The van der Waals surface area contributed by atoms with Crippen LogP contribution in [0.1, 0.15) is 31.4 Å². The van der Waals surface area contributed by atoms with Crippen LogP contribution < -0.4 is 4.74 Å². The third kappa shape index (κ3) is 3.62. The van der Waals surface area contributed by atoms with Crippen LogP contribution >= 0.6 is 12.6 Å². The lowest BCUT2D eigenvalue weighted by molar-refractivity contribution is 0.329. The lowest BCUT2D eigenvalue weighted by Crippen LogP contribution is -2.25. The summed E-state index contributed by atoms with van der Waals surface area (Å²) < 4.78 is 7.67. The van der Waals surface area contributed by atoms with Gasteiger partial charge in [-0.05, 0) is 66.8 Å². The Kier molecular flexibility index (Phi) is 4.91. The number of hydrogen-bond donors (Lipinski definition) is 1. The Morgan fingerprint density at radius 1 is 1.00 bits per heavy atom. The van der Waals surface area contributed by atoms with Gasteiger partial charge in [-0.2, -0.15) is 12.6 Å². The van der Waals surface area contributed by atoms with Crippen LogP contribution in [0.4, 0.5) is 0 Å². The summed E-state index contributed by atoms with van der Waals surface area (Å²) in [6.07, 6.45) is 6.61. The van der Waals surface area contributed by atoms with E-state index in [2.05, 4.69) is 79.8 Å². The molecule has 0 unspecified atom stereocenters. The zero-order valence-corrected chi connectivity index (χ0v) is 15.5. The fraction of sp³-hybridized carbons (Fsp3) is 0.333. The Morgan fingerprint density at radius 2 is 1.79 bits per heavy atom. The van der Waals surface area contributed by atoms with Crippen LogP contribution in [-0.2, 0) is 17.7 Å². The molecule has 0 bridgehead atoms. The molecule has 0 saturated carbocycles. The van der Waals surface area contributed by atoms with Crippen molar-refractivity contribution >= 4 is 23.4 Å². The number of benzene rings is 2. The molecule has 1 aromatic heterocycles. The van der Waals surface area contributed by atoms with Gasteiger partial charge in [0.15, 0.2) is 0 Å². The van der Waals surface area contributed by atoms with E-state index in [9.17, 15) is 0 Å². The molecule has 3 heteroatoms. The van der Waals surface area contributed by atoms with Crippen molar-refractivity contribution in [1.82, 2.24) is 4.57 Å². The second-order valence-electron chi connectivity index (χ2n) is 6.95. The zero-order chi connectivity index (χ0) is 17.2. The minimum absolute atomic E-state index is 0.0588. The molecule has 0 aliphatic carbocycles. The normalized spacial score (nSPS) is 11.8. The predicted octanol–water partition coefficient (Wildman–Crippen LogP) is 5.45. The maximum Gasteiger partial charge on any atom is 0.119 e. The van der Waals surface area contributed by atoms with Crippen molar-refractivity contribution in [3.8, 4) is 5.75 Å². The van der Waals surface area contributed by atoms with Crippen molar-refractivity contribution in [3.05, 3.63) is 66.0 Å². The molecule has 24 heavy (non-hydrogen) atoms. The van der Waals surface area contributed by atoms with Gasteiger partial charge < -0.3 is 9.30 Å². The highest BCUT2D eigenvalue weighted by Crippen LogP contribution is 2.28. The van der Waals surface area contributed by atoms with Crippen molar-refractivity contribution in [1.29, 1.82) is 0 Å². The molecule has 1 heterocycles. The van der Waals surface area contributed by atoms with E-state index in [1.165, 1.54) is 21.9 Å². The smallest absolute Gasteiger partial charge is 0.119 e. The summed E-state index contributed by atoms with van der Waals surface area (Å²) in [5.41, 5.74) is 2.64. The molecule has 0 aliphatic rings. The second-order valence-corrected chi connectivity index (χ2v) is 7.27. The number of aryl methyl sites for hydroxylation is 1. The van der Waals surface area contributed by atoms with Crippen molar-refractivity contribution in [2.45, 2.75) is 38.0 Å². The monoisotopic (exact) mass is 339 g/mol. The van der Waals surface area contributed by atoms with Crippen molar-refractivity contribution in [3.63, 3.8) is 0 Å². The summed E-state index contributed by atoms with van der Waals surface area (Å²) in [5, 5.41) is 2.57. The number of nitrogens with zero attached hydrogens (tertiary/aromatic N) is 1. The number of thiol groups is 1. The van der Waals surface area contributed by atoms with E-state index >= 15 is 0 Å². The van der Waals surface area contributed by atoms with Crippen LogP contribution in [0, 0.1) is 0 Å². The SMILES string of the molecule is COc1cccc(CCC(C)(C)n2cc3ccc(CS)cc3c2)c1. The second kappa shape index (κ2) is 6.94. The van der Waals surface area contributed by atoms with E-state index < -0.39 is 0 Å². The molecule has 3 aromatic rings. The molecule has 0 amide bonds. The summed E-state index contributed by atoms with van der Waals surface area (Å²) in [5.74, 6) is 1.71. The van der Waals surface area contributed by atoms with E-state index in [4.69, 9.17) is 4.74 Å². The first-order valence-corrected chi connectivity index (χ1v) is 9.00. The molecule has 0 aliphatic heterocycles. The largest absolute Gasteiger partial charge is 0.497 e. The lowest BCUT2D eigenvalue weighted by atomic mass is 9.95. The van der Waals surface area contributed by atoms with Crippen LogP contribution in [0.15, 0.2) is 54.9 Å². The van der Waals surface area contributed by atoms with E-state index in [-0.39, 0.29) is 5.54 Å². The average Bonchev–Trinajstić information content (AvgIpc) is 3.04. The average molecular weight is 340 g/mol. The molecule has 0 spiro atoms. The highest BCUT2D eigenvalue weighted by Gasteiger charge is 2.20. The van der Waals surface area contributed by atoms with Gasteiger partial charge in [0, 0.05) is 23.7 Å². The number of aromatic nitrogens is 1. The van der Waals surface area contributed by atoms with Gasteiger partial charge in [-0.3, -0.25) is 0 Å². The lowest BCUT2D eigenvalue weighted by Gasteiger charge is -2.27. The van der Waals surface area contributed by atoms with E-state index in [1.807, 2.05) is 6.07 Å². The Labute approximate surface area is 149 Å². The fourth-order valence-corrected chi connectivity index (χ4v) is 3.24. The van der Waals surface area contributed by atoms with E-state index in [0.29, 0.717) is 0 Å². The molecule has 2 nitrogen and oxygen atoms in total. The van der Waals surface area contributed by atoms with E-state index in [1.54, 1.807) is 7.11 Å². The third-order valence-corrected chi connectivity index (χ3v) is 5.11. The van der Waals surface area contributed by atoms with Gasteiger partial charge in [0.25, 0.3) is 0 Å². The van der Waals surface area contributed by atoms with Gasteiger partial charge >= 0.3 is 0 Å².